The molecule has 1 atom stereocenters. The van der Waals surface area contributed by atoms with E-state index in [1.165, 1.54) is 12.4 Å². The summed E-state index contributed by atoms with van der Waals surface area (Å²) in [5.74, 6) is 0. The second-order valence-electron chi connectivity index (χ2n) is 1.37. The highest BCUT2D eigenvalue weighted by atomic mass is 35.5. The van der Waals surface area contributed by atoms with Crippen LogP contribution in [0.3, 0.4) is 0 Å². The van der Waals surface area contributed by atoms with Crippen LogP contribution >= 0.6 is 11.6 Å². The number of nitrogens with zero attached hydrogens (tertiary/aromatic N) is 1. The van der Waals surface area contributed by atoms with Gasteiger partial charge in [-0.1, -0.05) is 0 Å². The van der Waals surface area contributed by atoms with Crippen molar-refractivity contribution in [1.82, 2.24) is 5.32 Å². The highest BCUT2D eigenvalue weighted by Crippen LogP contribution is 2.08. The molecule has 0 aromatic rings. The van der Waals surface area contributed by atoms with Gasteiger partial charge >= 0.3 is 5.31 Å². The molecule has 0 saturated heterocycles. The quantitative estimate of drug-likeness (QED) is 0.361. The maximum atomic E-state index is 8.78. The van der Waals surface area contributed by atoms with Crippen LogP contribution in [0.1, 0.15) is 0 Å². The Hall–Kier alpha value is -0.540. The van der Waals surface area contributed by atoms with Gasteiger partial charge in [-0.05, 0) is 17.7 Å². The molecule has 0 fully saturated rings. The van der Waals surface area contributed by atoms with Crippen LogP contribution in [0.15, 0.2) is 17.3 Å². The molecule has 1 unspecified atom stereocenters. The third kappa shape index (κ3) is 1.21. The SMILES string of the molecule is OC1(Cl)N=CC=CN1. The second kappa shape index (κ2) is 1.76. The standard InChI is InChI=1S/C4H5ClN2O/c5-4(8)6-2-1-3-7-4/h1-3,6,8H. The molecule has 0 saturated carbocycles. The fourth-order valence-electron chi connectivity index (χ4n) is 0.376. The number of allylic oxidation sites excluding steroid dienone is 1. The van der Waals surface area contributed by atoms with Gasteiger partial charge < -0.3 is 10.4 Å². The van der Waals surface area contributed by atoms with E-state index in [1.807, 2.05) is 0 Å². The van der Waals surface area contributed by atoms with E-state index < -0.39 is 5.31 Å². The van der Waals surface area contributed by atoms with Crippen molar-refractivity contribution < 1.29 is 5.11 Å². The van der Waals surface area contributed by atoms with E-state index in [2.05, 4.69) is 10.3 Å². The number of alkyl halides is 1. The molecule has 44 valence electrons. The number of hydrogen-bond donors (Lipinski definition) is 2. The van der Waals surface area contributed by atoms with Gasteiger partial charge in [0.05, 0.1) is 0 Å². The summed E-state index contributed by atoms with van der Waals surface area (Å²) >= 11 is 5.27. The molecule has 1 rings (SSSR count). The van der Waals surface area contributed by atoms with E-state index >= 15 is 0 Å². The highest BCUT2D eigenvalue weighted by molar-refractivity contribution is 6.22. The van der Waals surface area contributed by atoms with Gasteiger partial charge in [0.25, 0.3) is 0 Å². The van der Waals surface area contributed by atoms with Crippen LogP contribution in [-0.4, -0.2) is 16.6 Å². The lowest BCUT2D eigenvalue weighted by atomic mass is 10.6. The number of aliphatic hydroxyl groups is 1. The number of aliphatic imine (C=N–C) groups is 1. The summed E-state index contributed by atoms with van der Waals surface area (Å²) in [6.45, 7) is 0. The van der Waals surface area contributed by atoms with Gasteiger partial charge in [-0.15, -0.1) is 0 Å². The van der Waals surface area contributed by atoms with Gasteiger partial charge in [0.2, 0.25) is 0 Å². The molecular weight excluding hydrogens is 128 g/mol. The zero-order valence-corrected chi connectivity index (χ0v) is 4.76. The fourth-order valence-corrected chi connectivity index (χ4v) is 0.496. The molecule has 4 heteroatoms. The van der Waals surface area contributed by atoms with E-state index in [1.54, 1.807) is 6.08 Å². The first-order chi connectivity index (χ1) is 3.71. The Bertz CT molecular complexity index is 141. The van der Waals surface area contributed by atoms with Crippen LogP contribution in [0, 0.1) is 0 Å². The molecule has 0 aromatic carbocycles. The van der Waals surface area contributed by atoms with Crippen LogP contribution in [-0.2, 0) is 0 Å². The van der Waals surface area contributed by atoms with Gasteiger partial charge in [0, 0.05) is 12.4 Å². The average molecular weight is 133 g/mol. The minimum absolute atomic E-state index is 1.42. The molecule has 1 aliphatic rings. The second-order valence-corrected chi connectivity index (χ2v) is 1.90. The monoisotopic (exact) mass is 132 g/mol. The maximum absolute atomic E-state index is 8.78. The predicted octanol–water partition coefficient (Wildman–Crippen LogP) is 0.0165. The molecule has 1 heterocycles. The normalized spacial score (nSPS) is 34.8. The molecule has 3 nitrogen and oxygen atoms in total. The molecule has 0 amide bonds. The van der Waals surface area contributed by atoms with E-state index in [0.29, 0.717) is 0 Å². The average Bonchev–Trinajstić information content (AvgIpc) is 1.65. The van der Waals surface area contributed by atoms with Crippen LogP contribution in [0.2, 0.25) is 0 Å². The molecule has 0 aliphatic carbocycles. The topological polar surface area (TPSA) is 44.6 Å². The van der Waals surface area contributed by atoms with Gasteiger partial charge in [-0.2, -0.15) is 0 Å². The maximum Gasteiger partial charge on any atom is 0.317 e. The van der Waals surface area contributed by atoms with Crippen LogP contribution in [0.25, 0.3) is 0 Å². The van der Waals surface area contributed by atoms with E-state index in [0.717, 1.165) is 0 Å². The lowest BCUT2D eigenvalue weighted by Gasteiger charge is -2.16. The van der Waals surface area contributed by atoms with Crippen LogP contribution < -0.4 is 5.32 Å². The van der Waals surface area contributed by atoms with Gasteiger partial charge in [0.1, 0.15) is 0 Å². The molecule has 0 aromatic heterocycles. The van der Waals surface area contributed by atoms with Crippen molar-refractivity contribution in [3.63, 3.8) is 0 Å². The Labute approximate surface area is 51.7 Å². The number of halogens is 1. The molecule has 2 N–H and O–H groups in total. The number of rotatable bonds is 0. The summed E-state index contributed by atoms with van der Waals surface area (Å²) in [7, 11) is 0. The summed E-state index contributed by atoms with van der Waals surface area (Å²) < 4.78 is 0. The Kier molecular flexibility index (Phi) is 1.23. The first kappa shape index (κ1) is 5.59. The minimum Gasteiger partial charge on any atom is -0.340 e. The minimum atomic E-state index is -1.62. The Morgan fingerprint density at radius 3 is 2.75 bits per heavy atom. The smallest absolute Gasteiger partial charge is 0.317 e. The lowest BCUT2D eigenvalue weighted by molar-refractivity contribution is 0.116. The molecule has 0 radical (unpaired) electrons. The lowest BCUT2D eigenvalue weighted by Crippen LogP contribution is -2.35. The van der Waals surface area contributed by atoms with Crippen molar-refractivity contribution in [1.29, 1.82) is 0 Å². The van der Waals surface area contributed by atoms with Crippen molar-refractivity contribution in [2.24, 2.45) is 4.99 Å². The van der Waals surface area contributed by atoms with Gasteiger partial charge in [-0.25, -0.2) is 4.99 Å². The molecule has 1 aliphatic heterocycles. The zero-order chi connectivity index (χ0) is 6.04. The van der Waals surface area contributed by atoms with Crippen molar-refractivity contribution in [3.8, 4) is 0 Å². The Morgan fingerprint density at radius 1 is 1.75 bits per heavy atom. The van der Waals surface area contributed by atoms with Crippen LogP contribution in [0.4, 0.5) is 0 Å². The highest BCUT2D eigenvalue weighted by Gasteiger charge is 2.18. The largest absolute Gasteiger partial charge is 0.340 e. The summed E-state index contributed by atoms with van der Waals surface area (Å²) in [4.78, 5) is 3.46. The molecular formula is C4H5ClN2O. The van der Waals surface area contributed by atoms with Gasteiger partial charge in [0.15, 0.2) is 0 Å². The molecule has 0 bridgehead atoms. The molecule has 0 spiro atoms. The number of nitrogens with one attached hydrogen (secondary N) is 1. The Morgan fingerprint density at radius 2 is 2.50 bits per heavy atom. The van der Waals surface area contributed by atoms with E-state index in [9.17, 15) is 0 Å². The van der Waals surface area contributed by atoms with Crippen molar-refractivity contribution in [2.45, 2.75) is 5.31 Å². The third-order valence-electron chi connectivity index (χ3n) is 0.695. The van der Waals surface area contributed by atoms with Crippen molar-refractivity contribution >= 4 is 17.8 Å². The van der Waals surface area contributed by atoms with E-state index in [-0.39, 0.29) is 0 Å². The van der Waals surface area contributed by atoms with Crippen molar-refractivity contribution in [2.75, 3.05) is 0 Å². The molecule has 8 heavy (non-hydrogen) atoms. The first-order valence-electron chi connectivity index (χ1n) is 2.10. The predicted molar refractivity (Wildman–Crippen MR) is 31.6 cm³/mol. The van der Waals surface area contributed by atoms with Crippen LogP contribution in [0.5, 0.6) is 0 Å². The summed E-state index contributed by atoms with van der Waals surface area (Å²) in [6, 6.07) is 0. The Balaban J connectivity index is 2.65. The zero-order valence-electron chi connectivity index (χ0n) is 4.00. The van der Waals surface area contributed by atoms with Crippen molar-refractivity contribution in [3.05, 3.63) is 12.3 Å². The number of hydrogen-bond acceptors (Lipinski definition) is 3. The third-order valence-corrected chi connectivity index (χ3v) is 0.902. The summed E-state index contributed by atoms with van der Waals surface area (Å²) in [6.07, 6.45) is 4.57. The summed E-state index contributed by atoms with van der Waals surface area (Å²) in [5.41, 5.74) is 0. The van der Waals surface area contributed by atoms with E-state index in [4.69, 9.17) is 16.7 Å². The van der Waals surface area contributed by atoms with Gasteiger partial charge in [-0.3, -0.25) is 0 Å². The first-order valence-corrected chi connectivity index (χ1v) is 2.48. The summed E-state index contributed by atoms with van der Waals surface area (Å²) in [5, 5.41) is 9.56. The fraction of sp³-hybridized carbons (Fsp3) is 0.250.